The van der Waals surface area contributed by atoms with Gasteiger partial charge >= 0.3 is 5.97 Å². The SMILES string of the molecule is COC(=O)C1CCN(CCS(=O)(=O)c2ccc(Br)cc2)CC1. The van der Waals surface area contributed by atoms with Gasteiger partial charge in [-0.1, -0.05) is 15.9 Å². The molecule has 0 bridgehead atoms. The molecule has 0 amide bonds. The van der Waals surface area contributed by atoms with E-state index in [9.17, 15) is 13.2 Å². The van der Waals surface area contributed by atoms with Crippen molar-refractivity contribution in [3.8, 4) is 0 Å². The molecule has 1 saturated heterocycles. The van der Waals surface area contributed by atoms with Gasteiger partial charge in [0, 0.05) is 11.0 Å². The van der Waals surface area contributed by atoms with E-state index in [2.05, 4.69) is 20.8 Å². The van der Waals surface area contributed by atoms with Crippen molar-refractivity contribution in [2.24, 2.45) is 5.92 Å². The Kier molecular flexibility index (Phi) is 6.00. The molecular formula is C15H20BrNO4S. The molecule has 122 valence electrons. The Morgan fingerprint density at radius 1 is 1.27 bits per heavy atom. The molecule has 0 saturated carbocycles. The van der Waals surface area contributed by atoms with E-state index in [-0.39, 0.29) is 17.6 Å². The number of carbonyl (C=O) groups excluding carboxylic acids is 1. The largest absolute Gasteiger partial charge is 0.469 e. The molecule has 0 spiro atoms. The predicted molar refractivity (Wildman–Crippen MR) is 87.4 cm³/mol. The molecule has 1 aliphatic rings. The van der Waals surface area contributed by atoms with Crippen LogP contribution in [0.15, 0.2) is 33.6 Å². The minimum Gasteiger partial charge on any atom is -0.469 e. The monoisotopic (exact) mass is 389 g/mol. The molecular weight excluding hydrogens is 370 g/mol. The van der Waals surface area contributed by atoms with Crippen LogP contribution in [0.1, 0.15) is 12.8 Å². The Bertz CT molecular complexity index is 607. The van der Waals surface area contributed by atoms with Gasteiger partial charge in [-0.2, -0.15) is 0 Å². The second-order valence-electron chi connectivity index (χ2n) is 5.41. The summed E-state index contributed by atoms with van der Waals surface area (Å²) in [6.45, 7) is 1.96. The Morgan fingerprint density at radius 3 is 2.41 bits per heavy atom. The third-order valence-electron chi connectivity index (χ3n) is 3.97. The molecule has 0 aliphatic carbocycles. The zero-order chi connectivity index (χ0) is 16.2. The number of likely N-dealkylation sites (tertiary alicyclic amines) is 1. The molecule has 1 aliphatic heterocycles. The number of carbonyl (C=O) groups is 1. The number of hydrogen-bond acceptors (Lipinski definition) is 5. The predicted octanol–water partition coefficient (Wildman–Crippen LogP) is 2.11. The molecule has 2 rings (SSSR count). The number of piperidine rings is 1. The molecule has 0 radical (unpaired) electrons. The first-order valence-electron chi connectivity index (χ1n) is 7.21. The van der Waals surface area contributed by atoms with E-state index >= 15 is 0 Å². The summed E-state index contributed by atoms with van der Waals surface area (Å²) < 4.78 is 30.2. The molecule has 1 aromatic carbocycles. The van der Waals surface area contributed by atoms with Crippen molar-refractivity contribution >= 4 is 31.7 Å². The van der Waals surface area contributed by atoms with Crippen LogP contribution in [0.25, 0.3) is 0 Å². The van der Waals surface area contributed by atoms with Gasteiger partial charge in [-0.05, 0) is 50.2 Å². The number of esters is 1. The summed E-state index contributed by atoms with van der Waals surface area (Å²) in [7, 11) is -1.86. The highest BCUT2D eigenvalue weighted by Gasteiger charge is 2.26. The fourth-order valence-electron chi connectivity index (χ4n) is 2.57. The van der Waals surface area contributed by atoms with Gasteiger partial charge in [0.2, 0.25) is 0 Å². The van der Waals surface area contributed by atoms with E-state index < -0.39 is 9.84 Å². The normalized spacial score (nSPS) is 17.4. The number of benzene rings is 1. The van der Waals surface area contributed by atoms with E-state index in [0.717, 1.165) is 30.4 Å². The molecule has 5 nitrogen and oxygen atoms in total. The summed E-state index contributed by atoms with van der Waals surface area (Å²) in [6, 6.07) is 6.69. The summed E-state index contributed by atoms with van der Waals surface area (Å²) in [5, 5.41) is 0. The fraction of sp³-hybridized carbons (Fsp3) is 0.533. The van der Waals surface area contributed by atoms with Crippen LogP contribution >= 0.6 is 15.9 Å². The molecule has 0 unspecified atom stereocenters. The molecule has 1 aromatic rings. The zero-order valence-corrected chi connectivity index (χ0v) is 14.9. The minimum atomic E-state index is -3.27. The van der Waals surface area contributed by atoms with E-state index in [1.807, 2.05) is 0 Å². The quantitative estimate of drug-likeness (QED) is 0.721. The second kappa shape index (κ2) is 7.57. The van der Waals surface area contributed by atoms with Crippen molar-refractivity contribution < 1.29 is 17.9 Å². The Balaban J connectivity index is 1.86. The van der Waals surface area contributed by atoms with Crippen LogP contribution in [0, 0.1) is 5.92 Å². The lowest BCUT2D eigenvalue weighted by Crippen LogP contribution is -2.39. The van der Waals surface area contributed by atoms with E-state index in [4.69, 9.17) is 4.74 Å². The minimum absolute atomic E-state index is 0.0515. The van der Waals surface area contributed by atoms with Crippen molar-refractivity contribution in [1.82, 2.24) is 4.90 Å². The van der Waals surface area contributed by atoms with Gasteiger partial charge in [0.15, 0.2) is 9.84 Å². The second-order valence-corrected chi connectivity index (χ2v) is 8.44. The van der Waals surface area contributed by atoms with Crippen molar-refractivity contribution in [2.75, 3.05) is 32.5 Å². The van der Waals surface area contributed by atoms with Crippen molar-refractivity contribution in [3.63, 3.8) is 0 Å². The highest BCUT2D eigenvalue weighted by Crippen LogP contribution is 2.20. The van der Waals surface area contributed by atoms with Crippen molar-refractivity contribution in [1.29, 1.82) is 0 Å². The third-order valence-corrected chi connectivity index (χ3v) is 6.21. The van der Waals surface area contributed by atoms with Crippen molar-refractivity contribution in [3.05, 3.63) is 28.7 Å². The lowest BCUT2D eigenvalue weighted by atomic mass is 9.97. The van der Waals surface area contributed by atoms with Gasteiger partial charge < -0.3 is 9.64 Å². The van der Waals surface area contributed by atoms with Gasteiger partial charge in [0.25, 0.3) is 0 Å². The number of nitrogens with zero attached hydrogens (tertiary/aromatic N) is 1. The highest BCUT2D eigenvalue weighted by molar-refractivity contribution is 9.10. The van der Waals surface area contributed by atoms with Gasteiger partial charge in [-0.15, -0.1) is 0 Å². The number of ether oxygens (including phenoxy) is 1. The summed E-state index contributed by atoms with van der Waals surface area (Å²) in [5.74, 6) is -0.121. The number of hydrogen-bond donors (Lipinski definition) is 0. The Hall–Kier alpha value is -0.920. The average Bonchev–Trinajstić information content (AvgIpc) is 2.53. The smallest absolute Gasteiger partial charge is 0.308 e. The number of rotatable bonds is 5. The Morgan fingerprint density at radius 2 is 1.86 bits per heavy atom. The highest BCUT2D eigenvalue weighted by atomic mass is 79.9. The Labute approximate surface area is 139 Å². The third kappa shape index (κ3) is 4.54. The van der Waals surface area contributed by atoms with Gasteiger partial charge in [0.05, 0.1) is 23.7 Å². The fourth-order valence-corrected chi connectivity index (χ4v) is 4.12. The molecule has 7 heteroatoms. The van der Waals surface area contributed by atoms with Crippen LogP contribution in [0.5, 0.6) is 0 Å². The van der Waals surface area contributed by atoms with Crippen molar-refractivity contribution in [2.45, 2.75) is 17.7 Å². The maximum atomic E-state index is 12.3. The summed E-state index contributed by atoms with van der Waals surface area (Å²) in [6.07, 6.45) is 1.45. The van der Waals surface area contributed by atoms with Crippen LogP contribution in [0.2, 0.25) is 0 Å². The molecule has 0 atom stereocenters. The van der Waals surface area contributed by atoms with E-state index in [1.165, 1.54) is 7.11 Å². The first-order chi connectivity index (χ1) is 10.4. The van der Waals surface area contributed by atoms with Crippen LogP contribution < -0.4 is 0 Å². The molecule has 0 N–H and O–H groups in total. The van der Waals surface area contributed by atoms with Crippen LogP contribution in [-0.4, -0.2) is 51.8 Å². The van der Waals surface area contributed by atoms with E-state index in [1.54, 1.807) is 24.3 Å². The van der Waals surface area contributed by atoms with E-state index in [0.29, 0.717) is 11.4 Å². The lowest BCUT2D eigenvalue weighted by molar-refractivity contribution is -0.147. The topological polar surface area (TPSA) is 63.7 Å². The number of halogens is 1. The lowest BCUT2D eigenvalue weighted by Gasteiger charge is -2.30. The summed E-state index contributed by atoms with van der Waals surface area (Å²) in [5.41, 5.74) is 0. The summed E-state index contributed by atoms with van der Waals surface area (Å²) >= 11 is 3.30. The zero-order valence-electron chi connectivity index (χ0n) is 12.5. The van der Waals surface area contributed by atoms with Gasteiger partial charge in [-0.3, -0.25) is 4.79 Å². The molecule has 0 aromatic heterocycles. The first kappa shape index (κ1) is 17.4. The maximum Gasteiger partial charge on any atom is 0.308 e. The standard InChI is InChI=1S/C15H20BrNO4S/c1-21-15(18)12-6-8-17(9-7-12)10-11-22(19,20)14-4-2-13(16)3-5-14/h2-5,12H,6-11H2,1H3. The van der Waals surface area contributed by atoms with Gasteiger partial charge in [0.1, 0.15) is 0 Å². The van der Waals surface area contributed by atoms with Crippen LogP contribution in [0.3, 0.4) is 0 Å². The maximum absolute atomic E-state index is 12.3. The summed E-state index contributed by atoms with van der Waals surface area (Å²) in [4.78, 5) is 13.9. The first-order valence-corrected chi connectivity index (χ1v) is 9.65. The molecule has 1 fully saturated rings. The van der Waals surface area contributed by atoms with Gasteiger partial charge in [-0.25, -0.2) is 8.42 Å². The number of methoxy groups -OCH3 is 1. The average molecular weight is 390 g/mol. The molecule has 1 heterocycles. The molecule has 22 heavy (non-hydrogen) atoms. The van der Waals surface area contributed by atoms with Crippen LogP contribution in [-0.2, 0) is 19.4 Å². The van der Waals surface area contributed by atoms with Crippen LogP contribution in [0.4, 0.5) is 0 Å². The number of sulfone groups is 1.